The number of nitrogens with zero attached hydrogens (tertiary/aromatic N) is 1. The van der Waals surface area contributed by atoms with E-state index >= 15 is 0 Å². The van der Waals surface area contributed by atoms with E-state index in [1.54, 1.807) is 0 Å². The molecule has 1 fully saturated rings. The molecule has 0 radical (unpaired) electrons. The molecule has 1 aliphatic carbocycles. The molecule has 94 valence electrons. The molecule has 0 heterocycles. The summed E-state index contributed by atoms with van der Waals surface area (Å²) in [5, 5.41) is 3.12. The quantitative estimate of drug-likeness (QED) is 0.703. The smallest absolute Gasteiger partial charge is 0.228 e. The Kier molecular flexibility index (Phi) is 5.26. The van der Waals surface area contributed by atoms with Gasteiger partial charge >= 0.3 is 0 Å². The van der Waals surface area contributed by atoms with E-state index in [0.717, 1.165) is 38.8 Å². The maximum atomic E-state index is 12.4. The summed E-state index contributed by atoms with van der Waals surface area (Å²) >= 11 is 0. The Morgan fingerprint density at radius 3 is 2.50 bits per heavy atom. The molecule has 0 aromatic rings. The van der Waals surface area contributed by atoms with Crippen LogP contribution in [0.25, 0.3) is 0 Å². The van der Waals surface area contributed by atoms with Crippen molar-refractivity contribution in [1.29, 1.82) is 0 Å². The van der Waals surface area contributed by atoms with Crippen molar-refractivity contribution in [3.05, 3.63) is 0 Å². The zero-order valence-corrected chi connectivity index (χ0v) is 11.0. The van der Waals surface area contributed by atoms with Crippen molar-refractivity contribution >= 4 is 5.91 Å². The van der Waals surface area contributed by atoms with Crippen LogP contribution < -0.4 is 5.32 Å². The van der Waals surface area contributed by atoms with E-state index < -0.39 is 0 Å². The number of nitrogens with one attached hydrogen (secondary N) is 1. The molecule has 0 aromatic carbocycles. The van der Waals surface area contributed by atoms with E-state index in [2.05, 4.69) is 12.2 Å². The van der Waals surface area contributed by atoms with Gasteiger partial charge in [-0.25, -0.2) is 0 Å². The Balaban J connectivity index is 2.47. The Morgan fingerprint density at radius 2 is 2.00 bits per heavy atom. The Hall–Kier alpha value is -0.570. The lowest BCUT2D eigenvalue weighted by Crippen LogP contribution is -2.41. The van der Waals surface area contributed by atoms with Crippen LogP contribution in [0.2, 0.25) is 0 Å². The van der Waals surface area contributed by atoms with E-state index in [4.69, 9.17) is 0 Å². The molecule has 3 heteroatoms. The second-order valence-corrected chi connectivity index (χ2v) is 5.02. The molecule has 1 N–H and O–H groups in total. The fourth-order valence-electron chi connectivity index (χ4n) is 2.77. The lowest BCUT2D eigenvalue weighted by Gasteiger charge is -2.31. The summed E-state index contributed by atoms with van der Waals surface area (Å²) in [6.45, 7) is 4.02. The van der Waals surface area contributed by atoms with Crippen LogP contribution in [0.15, 0.2) is 0 Å². The fourth-order valence-corrected chi connectivity index (χ4v) is 2.77. The third-order valence-electron chi connectivity index (χ3n) is 3.96. The van der Waals surface area contributed by atoms with Crippen molar-refractivity contribution in [2.75, 3.05) is 27.2 Å². The molecular weight excluding hydrogens is 200 g/mol. The lowest BCUT2D eigenvalue weighted by molar-refractivity contribution is -0.140. The van der Waals surface area contributed by atoms with E-state index in [1.165, 1.54) is 12.8 Å². The normalized spacial score (nSPS) is 18.7. The van der Waals surface area contributed by atoms with E-state index in [0.29, 0.717) is 5.91 Å². The first-order chi connectivity index (χ1) is 7.66. The van der Waals surface area contributed by atoms with E-state index in [1.807, 2.05) is 19.0 Å². The Bertz CT molecular complexity index is 222. The van der Waals surface area contributed by atoms with Crippen molar-refractivity contribution in [3.8, 4) is 0 Å². The number of carbonyl (C=O) groups excluding carboxylic acids is 1. The molecule has 0 atom stereocenters. The van der Waals surface area contributed by atoms with Crippen LogP contribution in [0.3, 0.4) is 0 Å². The van der Waals surface area contributed by atoms with Gasteiger partial charge in [0.15, 0.2) is 0 Å². The summed E-state index contributed by atoms with van der Waals surface area (Å²) in [6, 6.07) is 0. The van der Waals surface area contributed by atoms with Crippen molar-refractivity contribution < 1.29 is 4.79 Å². The SMILES string of the molecule is CCC1(C(=O)N(C)CCCNC)CCCC1. The molecule has 0 saturated heterocycles. The topological polar surface area (TPSA) is 32.3 Å². The van der Waals surface area contributed by atoms with E-state index in [-0.39, 0.29) is 5.41 Å². The molecule has 1 aliphatic rings. The molecular formula is C13H26N2O. The summed E-state index contributed by atoms with van der Waals surface area (Å²) in [5.41, 5.74) is -0.0195. The first-order valence-corrected chi connectivity index (χ1v) is 6.56. The van der Waals surface area contributed by atoms with Crippen LogP contribution in [0, 0.1) is 5.41 Å². The van der Waals surface area contributed by atoms with Gasteiger partial charge in [0.25, 0.3) is 0 Å². The third-order valence-corrected chi connectivity index (χ3v) is 3.96. The Morgan fingerprint density at radius 1 is 1.38 bits per heavy atom. The zero-order valence-electron chi connectivity index (χ0n) is 11.0. The predicted molar refractivity (Wildman–Crippen MR) is 67.4 cm³/mol. The number of amides is 1. The lowest BCUT2D eigenvalue weighted by atomic mass is 9.82. The molecule has 1 amide bonds. The van der Waals surface area contributed by atoms with Crippen LogP contribution >= 0.6 is 0 Å². The molecule has 0 aliphatic heterocycles. The predicted octanol–water partition coefficient (Wildman–Crippen LogP) is 2.02. The van der Waals surface area contributed by atoms with Crippen LogP contribution in [0.1, 0.15) is 45.4 Å². The average molecular weight is 226 g/mol. The number of hydrogen-bond donors (Lipinski definition) is 1. The number of rotatable bonds is 6. The molecule has 0 aromatic heterocycles. The minimum Gasteiger partial charge on any atom is -0.345 e. The van der Waals surface area contributed by atoms with Gasteiger partial charge in [-0.2, -0.15) is 0 Å². The first kappa shape index (κ1) is 13.5. The monoisotopic (exact) mass is 226 g/mol. The van der Waals surface area contributed by atoms with Crippen LogP contribution in [-0.2, 0) is 4.79 Å². The third kappa shape index (κ3) is 2.97. The molecule has 0 bridgehead atoms. The van der Waals surface area contributed by atoms with Gasteiger partial charge in [-0.15, -0.1) is 0 Å². The van der Waals surface area contributed by atoms with Gasteiger partial charge in [-0.1, -0.05) is 19.8 Å². The van der Waals surface area contributed by atoms with Gasteiger partial charge < -0.3 is 10.2 Å². The van der Waals surface area contributed by atoms with Gasteiger partial charge in [-0.3, -0.25) is 4.79 Å². The average Bonchev–Trinajstić information content (AvgIpc) is 2.78. The van der Waals surface area contributed by atoms with Crippen molar-refractivity contribution in [1.82, 2.24) is 10.2 Å². The molecule has 0 unspecified atom stereocenters. The molecule has 3 nitrogen and oxygen atoms in total. The van der Waals surface area contributed by atoms with Gasteiger partial charge in [-0.05, 0) is 39.3 Å². The standard InChI is InChI=1S/C13H26N2O/c1-4-13(8-5-6-9-13)12(16)15(3)11-7-10-14-2/h14H,4-11H2,1-3H3. The van der Waals surface area contributed by atoms with Gasteiger partial charge in [0.1, 0.15) is 0 Å². The highest BCUT2D eigenvalue weighted by Crippen LogP contribution is 2.42. The summed E-state index contributed by atoms with van der Waals surface area (Å²) < 4.78 is 0. The van der Waals surface area contributed by atoms with Gasteiger partial charge in [0.2, 0.25) is 5.91 Å². The van der Waals surface area contributed by atoms with Crippen LogP contribution in [-0.4, -0.2) is 38.0 Å². The maximum absolute atomic E-state index is 12.4. The zero-order chi connectivity index (χ0) is 12.0. The molecule has 16 heavy (non-hydrogen) atoms. The molecule has 1 rings (SSSR count). The first-order valence-electron chi connectivity index (χ1n) is 6.56. The highest BCUT2D eigenvalue weighted by molar-refractivity contribution is 5.82. The van der Waals surface area contributed by atoms with Gasteiger partial charge in [0.05, 0.1) is 0 Å². The van der Waals surface area contributed by atoms with Crippen LogP contribution in [0.5, 0.6) is 0 Å². The number of carbonyl (C=O) groups is 1. The minimum absolute atomic E-state index is 0.0195. The molecule has 0 spiro atoms. The Labute approximate surface area is 99.6 Å². The summed E-state index contributed by atoms with van der Waals surface area (Å²) in [6.07, 6.45) is 6.69. The summed E-state index contributed by atoms with van der Waals surface area (Å²) in [7, 11) is 3.90. The largest absolute Gasteiger partial charge is 0.345 e. The van der Waals surface area contributed by atoms with Crippen molar-refractivity contribution in [2.45, 2.75) is 45.4 Å². The summed E-state index contributed by atoms with van der Waals surface area (Å²) in [4.78, 5) is 14.3. The minimum atomic E-state index is -0.0195. The number of hydrogen-bond acceptors (Lipinski definition) is 2. The highest BCUT2D eigenvalue weighted by Gasteiger charge is 2.40. The van der Waals surface area contributed by atoms with Crippen molar-refractivity contribution in [2.24, 2.45) is 5.41 Å². The maximum Gasteiger partial charge on any atom is 0.228 e. The van der Waals surface area contributed by atoms with E-state index in [9.17, 15) is 4.79 Å². The second-order valence-electron chi connectivity index (χ2n) is 5.02. The van der Waals surface area contributed by atoms with Gasteiger partial charge in [0, 0.05) is 19.0 Å². The molecule has 1 saturated carbocycles. The highest BCUT2D eigenvalue weighted by atomic mass is 16.2. The van der Waals surface area contributed by atoms with Crippen LogP contribution in [0.4, 0.5) is 0 Å². The van der Waals surface area contributed by atoms with Crippen molar-refractivity contribution in [3.63, 3.8) is 0 Å². The fraction of sp³-hybridized carbons (Fsp3) is 0.923. The summed E-state index contributed by atoms with van der Waals surface area (Å²) in [5.74, 6) is 0.378. The second kappa shape index (κ2) is 6.24.